The van der Waals surface area contributed by atoms with Gasteiger partial charge in [-0.3, -0.25) is 0 Å². The van der Waals surface area contributed by atoms with Crippen molar-refractivity contribution in [2.24, 2.45) is 0 Å². The molecule has 0 N–H and O–H groups in total. The normalized spacial score (nSPS) is 19.6. The first-order valence-corrected chi connectivity index (χ1v) is 8.06. The molecular weight excluding hydrogens is 368 g/mol. The third kappa shape index (κ3) is 1.74. The third-order valence-electron chi connectivity index (χ3n) is 5.14. The van der Waals surface area contributed by atoms with Gasteiger partial charge in [-0.05, 0) is 22.2 Å². The van der Waals surface area contributed by atoms with Gasteiger partial charge in [-0.2, -0.15) is 26.3 Å². The van der Waals surface area contributed by atoms with Crippen LogP contribution in [0.2, 0.25) is 0 Å². The minimum Gasteiger partial charge on any atom is -0.245 e. The van der Waals surface area contributed by atoms with Gasteiger partial charge in [-0.25, -0.2) is 4.98 Å². The van der Waals surface area contributed by atoms with Gasteiger partial charge >= 0.3 is 17.8 Å². The number of alkyl halides is 6. The SMILES string of the molecule is FC1(F)c2cc3c4ccccc4c4ccccc4c3nc2C(F)(F)C1(F)F. The molecule has 0 fully saturated rings. The Kier molecular flexibility index (Phi) is 2.85. The van der Waals surface area contributed by atoms with Gasteiger partial charge in [-0.15, -0.1) is 0 Å². The van der Waals surface area contributed by atoms with Crippen LogP contribution in [0.4, 0.5) is 26.3 Å². The molecule has 7 heteroatoms. The predicted octanol–water partition coefficient (Wildman–Crippen LogP) is 6.37. The lowest BCUT2D eigenvalue weighted by Crippen LogP contribution is -2.43. The predicted molar refractivity (Wildman–Crippen MR) is 89.5 cm³/mol. The molecule has 1 nitrogen and oxygen atoms in total. The number of fused-ring (bicyclic) bond motifs is 7. The Morgan fingerprint density at radius 2 is 1.07 bits per heavy atom. The minimum absolute atomic E-state index is 0.00350. The second-order valence-corrected chi connectivity index (χ2v) is 6.60. The van der Waals surface area contributed by atoms with E-state index in [0.29, 0.717) is 21.5 Å². The quantitative estimate of drug-likeness (QED) is 0.256. The van der Waals surface area contributed by atoms with E-state index in [4.69, 9.17) is 0 Å². The highest BCUT2D eigenvalue weighted by molar-refractivity contribution is 6.24. The zero-order chi connectivity index (χ0) is 19.2. The maximum Gasteiger partial charge on any atom is 0.382 e. The lowest BCUT2D eigenvalue weighted by molar-refractivity contribution is -0.303. The molecule has 0 spiro atoms. The molecule has 5 rings (SSSR count). The Bertz CT molecular complexity index is 1170. The number of nitrogens with zero attached hydrogens (tertiary/aromatic N) is 1. The summed E-state index contributed by atoms with van der Waals surface area (Å²) >= 11 is 0. The van der Waals surface area contributed by atoms with Crippen LogP contribution >= 0.6 is 0 Å². The van der Waals surface area contributed by atoms with E-state index in [1.54, 1.807) is 48.5 Å². The smallest absolute Gasteiger partial charge is 0.245 e. The minimum atomic E-state index is -5.54. The average molecular weight is 377 g/mol. The van der Waals surface area contributed by atoms with Crippen molar-refractivity contribution in [2.75, 3.05) is 0 Å². The first kappa shape index (κ1) is 16.4. The summed E-state index contributed by atoms with van der Waals surface area (Å²) in [5.41, 5.74) is -2.99. The van der Waals surface area contributed by atoms with E-state index in [9.17, 15) is 26.3 Å². The Balaban J connectivity index is 2.05. The largest absolute Gasteiger partial charge is 0.382 e. The third-order valence-corrected chi connectivity index (χ3v) is 5.14. The Hall–Kier alpha value is -2.83. The molecule has 3 aromatic carbocycles. The van der Waals surface area contributed by atoms with Crippen LogP contribution in [-0.2, 0) is 11.8 Å². The number of hydrogen-bond acceptors (Lipinski definition) is 1. The van der Waals surface area contributed by atoms with E-state index >= 15 is 0 Å². The average Bonchev–Trinajstić information content (AvgIpc) is 2.76. The molecule has 0 unspecified atom stereocenters. The molecule has 27 heavy (non-hydrogen) atoms. The summed E-state index contributed by atoms with van der Waals surface area (Å²) < 4.78 is 84.3. The molecule has 0 amide bonds. The Morgan fingerprint density at radius 1 is 0.593 bits per heavy atom. The zero-order valence-corrected chi connectivity index (χ0v) is 13.4. The summed E-state index contributed by atoms with van der Waals surface area (Å²) in [6.45, 7) is 0. The van der Waals surface area contributed by atoms with Gasteiger partial charge in [0.05, 0.1) is 11.1 Å². The molecule has 0 radical (unpaired) electrons. The molecule has 0 aliphatic heterocycles. The van der Waals surface area contributed by atoms with Crippen LogP contribution in [0.25, 0.3) is 32.4 Å². The summed E-state index contributed by atoms with van der Waals surface area (Å²) in [4.78, 5) is 3.67. The molecule has 1 aliphatic rings. The fourth-order valence-corrected chi connectivity index (χ4v) is 3.79. The Labute approximate surface area is 148 Å². The van der Waals surface area contributed by atoms with Gasteiger partial charge in [0, 0.05) is 10.8 Å². The highest BCUT2D eigenvalue weighted by Gasteiger charge is 2.80. The lowest BCUT2D eigenvalue weighted by Gasteiger charge is -2.22. The molecule has 0 bridgehead atoms. The number of hydrogen-bond donors (Lipinski definition) is 0. The molecule has 0 saturated carbocycles. The summed E-state index contributed by atoms with van der Waals surface area (Å²) in [6.07, 6.45) is 0. The number of aromatic nitrogens is 1. The molecule has 0 atom stereocenters. The van der Waals surface area contributed by atoms with E-state index in [-0.39, 0.29) is 10.9 Å². The Morgan fingerprint density at radius 3 is 1.67 bits per heavy atom. The second kappa shape index (κ2) is 4.71. The van der Waals surface area contributed by atoms with Crippen LogP contribution in [0.5, 0.6) is 0 Å². The molecule has 1 aliphatic carbocycles. The summed E-state index contributed by atoms with van der Waals surface area (Å²) in [5, 5.41) is 2.42. The van der Waals surface area contributed by atoms with E-state index in [0.717, 1.165) is 6.07 Å². The fraction of sp³-hybridized carbons (Fsp3) is 0.150. The number of benzene rings is 3. The first-order valence-electron chi connectivity index (χ1n) is 8.06. The molecular formula is C20H9F6N. The molecule has 1 heterocycles. The standard InChI is InChI=1S/C20H9F6N/c21-18(22)15-9-14-12-7-2-1-5-10(12)11-6-3-4-8-13(11)16(14)27-17(15)19(23,24)20(18,25)26/h1-9H. The van der Waals surface area contributed by atoms with Crippen LogP contribution in [0.3, 0.4) is 0 Å². The van der Waals surface area contributed by atoms with Crippen molar-refractivity contribution in [3.63, 3.8) is 0 Å². The van der Waals surface area contributed by atoms with Crippen LogP contribution in [0.15, 0.2) is 54.6 Å². The molecule has 136 valence electrons. The highest BCUT2D eigenvalue weighted by atomic mass is 19.3. The lowest BCUT2D eigenvalue weighted by atomic mass is 9.95. The first-order chi connectivity index (χ1) is 12.7. The van der Waals surface area contributed by atoms with Crippen molar-refractivity contribution in [1.29, 1.82) is 0 Å². The van der Waals surface area contributed by atoms with Crippen molar-refractivity contribution >= 4 is 32.4 Å². The second-order valence-electron chi connectivity index (χ2n) is 6.60. The van der Waals surface area contributed by atoms with Gasteiger partial charge in [0.15, 0.2) is 0 Å². The van der Waals surface area contributed by atoms with E-state index in [2.05, 4.69) is 4.98 Å². The van der Waals surface area contributed by atoms with Crippen molar-refractivity contribution in [2.45, 2.75) is 17.8 Å². The van der Waals surface area contributed by atoms with Gasteiger partial charge in [-0.1, -0.05) is 48.5 Å². The van der Waals surface area contributed by atoms with Gasteiger partial charge < -0.3 is 0 Å². The van der Waals surface area contributed by atoms with E-state index in [1.165, 1.54) is 0 Å². The van der Waals surface area contributed by atoms with Crippen molar-refractivity contribution < 1.29 is 26.3 Å². The monoisotopic (exact) mass is 377 g/mol. The van der Waals surface area contributed by atoms with Crippen molar-refractivity contribution in [1.82, 2.24) is 4.98 Å². The molecule has 1 aromatic heterocycles. The van der Waals surface area contributed by atoms with Gasteiger partial charge in [0.2, 0.25) is 0 Å². The maximum atomic E-state index is 14.2. The molecule has 0 saturated heterocycles. The van der Waals surface area contributed by atoms with Crippen molar-refractivity contribution in [3.05, 3.63) is 65.9 Å². The summed E-state index contributed by atoms with van der Waals surface area (Å²) in [6, 6.07) is 14.3. The van der Waals surface area contributed by atoms with Crippen LogP contribution in [0, 0.1) is 0 Å². The van der Waals surface area contributed by atoms with E-state index in [1.807, 2.05) is 0 Å². The number of pyridine rings is 1. The van der Waals surface area contributed by atoms with E-state index < -0.39 is 29.0 Å². The van der Waals surface area contributed by atoms with Crippen molar-refractivity contribution in [3.8, 4) is 0 Å². The number of halogens is 6. The molecule has 4 aromatic rings. The topological polar surface area (TPSA) is 12.9 Å². The van der Waals surface area contributed by atoms with Crippen LogP contribution in [-0.4, -0.2) is 10.9 Å². The summed E-state index contributed by atoms with van der Waals surface area (Å²) in [7, 11) is 0. The highest BCUT2D eigenvalue weighted by Crippen LogP contribution is 2.62. The maximum absolute atomic E-state index is 14.2. The van der Waals surface area contributed by atoms with Gasteiger partial charge in [0.1, 0.15) is 5.69 Å². The number of rotatable bonds is 0. The van der Waals surface area contributed by atoms with Gasteiger partial charge in [0.25, 0.3) is 0 Å². The van der Waals surface area contributed by atoms with Crippen LogP contribution in [0.1, 0.15) is 11.3 Å². The summed E-state index contributed by atoms with van der Waals surface area (Å²) in [5.74, 6) is -15.6. The van der Waals surface area contributed by atoms with Crippen LogP contribution < -0.4 is 0 Å². The zero-order valence-electron chi connectivity index (χ0n) is 13.4. The fourth-order valence-electron chi connectivity index (χ4n) is 3.79.